The van der Waals surface area contributed by atoms with Gasteiger partial charge in [0.05, 0.1) is 5.54 Å². The molecule has 2 nitrogen and oxygen atoms in total. The Morgan fingerprint density at radius 2 is 1.94 bits per heavy atom. The van der Waals surface area contributed by atoms with E-state index >= 15 is 0 Å². The minimum absolute atomic E-state index is 0.497. The van der Waals surface area contributed by atoms with Crippen LogP contribution in [0, 0.1) is 13.8 Å². The maximum Gasteiger partial charge on any atom is 0.0557 e. The molecule has 2 fully saturated rings. The molecular weight excluding hydrogens is 208 g/mol. The van der Waals surface area contributed by atoms with Gasteiger partial charge in [0.25, 0.3) is 0 Å². The average molecular weight is 230 g/mol. The molecule has 0 aliphatic carbocycles. The summed E-state index contributed by atoms with van der Waals surface area (Å²) in [5.41, 5.74) is 4.71. The highest BCUT2D eigenvalue weighted by molar-refractivity contribution is 5.57. The molecule has 0 unspecified atom stereocenters. The Hall–Kier alpha value is -1.02. The molecule has 1 aromatic carbocycles. The van der Waals surface area contributed by atoms with Gasteiger partial charge in [0.1, 0.15) is 0 Å². The van der Waals surface area contributed by atoms with Crippen LogP contribution in [0.3, 0.4) is 0 Å². The van der Waals surface area contributed by atoms with Crippen molar-refractivity contribution < 1.29 is 0 Å². The molecule has 2 aliphatic rings. The lowest BCUT2D eigenvalue weighted by Crippen LogP contribution is -2.67. The standard InChI is InChI=1S/C15H22N2/c1-12-5-6-14(13(2)9-12)17-10-15(11-17)7-4-8-16(15)3/h5-6,9H,4,7-8,10-11H2,1-3H3. The molecule has 3 rings (SSSR count). The number of hydrogen-bond acceptors (Lipinski definition) is 2. The van der Waals surface area contributed by atoms with Crippen molar-refractivity contribution >= 4 is 5.69 Å². The van der Waals surface area contributed by atoms with Crippen molar-refractivity contribution in [3.8, 4) is 0 Å². The minimum Gasteiger partial charge on any atom is -0.367 e. The molecule has 2 saturated heterocycles. The summed E-state index contributed by atoms with van der Waals surface area (Å²) in [6.45, 7) is 8.10. The van der Waals surface area contributed by atoms with E-state index < -0.39 is 0 Å². The highest BCUT2D eigenvalue weighted by Gasteiger charge is 2.48. The first kappa shape index (κ1) is 11.1. The van der Waals surface area contributed by atoms with E-state index in [1.54, 1.807) is 0 Å². The third kappa shape index (κ3) is 1.66. The van der Waals surface area contributed by atoms with Crippen LogP contribution >= 0.6 is 0 Å². The quantitative estimate of drug-likeness (QED) is 0.731. The van der Waals surface area contributed by atoms with Gasteiger partial charge in [-0.15, -0.1) is 0 Å². The van der Waals surface area contributed by atoms with Gasteiger partial charge in [-0.1, -0.05) is 17.7 Å². The van der Waals surface area contributed by atoms with Crippen molar-refractivity contribution in [2.45, 2.75) is 32.2 Å². The van der Waals surface area contributed by atoms with Crippen LogP contribution in [0.4, 0.5) is 5.69 Å². The summed E-state index contributed by atoms with van der Waals surface area (Å²) < 4.78 is 0. The van der Waals surface area contributed by atoms with Gasteiger partial charge in [0.15, 0.2) is 0 Å². The lowest BCUT2D eigenvalue weighted by Gasteiger charge is -2.53. The van der Waals surface area contributed by atoms with E-state index in [4.69, 9.17) is 0 Å². The molecule has 0 bridgehead atoms. The van der Waals surface area contributed by atoms with E-state index in [0.717, 1.165) is 0 Å². The third-order valence-corrected chi connectivity index (χ3v) is 4.61. The zero-order chi connectivity index (χ0) is 12.0. The van der Waals surface area contributed by atoms with Crippen LogP contribution in [0.1, 0.15) is 24.0 Å². The molecule has 17 heavy (non-hydrogen) atoms. The normalized spacial score (nSPS) is 23.1. The number of likely N-dealkylation sites (N-methyl/N-ethyl adjacent to an activating group) is 1. The molecule has 0 aromatic heterocycles. The van der Waals surface area contributed by atoms with Gasteiger partial charge in [-0.3, -0.25) is 4.90 Å². The van der Waals surface area contributed by atoms with Gasteiger partial charge in [0.2, 0.25) is 0 Å². The predicted molar refractivity (Wildman–Crippen MR) is 72.7 cm³/mol. The van der Waals surface area contributed by atoms with Crippen LogP contribution in [0.5, 0.6) is 0 Å². The highest BCUT2D eigenvalue weighted by atomic mass is 15.4. The first-order chi connectivity index (χ1) is 8.11. The van der Waals surface area contributed by atoms with Gasteiger partial charge in [-0.2, -0.15) is 0 Å². The molecule has 2 heterocycles. The number of likely N-dealkylation sites (tertiary alicyclic amines) is 1. The Morgan fingerprint density at radius 3 is 2.53 bits per heavy atom. The second-order valence-electron chi connectivity index (χ2n) is 5.90. The fourth-order valence-electron chi connectivity index (χ4n) is 3.47. The van der Waals surface area contributed by atoms with Crippen LogP contribution in [-0.4, -0.2) is 37.1 Å². The molecular formula is C15H22N2. The van der Waals surface area contributed by atoms with Crippen LogP contribution in [0.25, 0.3) is 0 Å². The van der Waals surface area contributed by atoms with Crippen LogP contribution in [-0.2, 0) is 0 Å². The lowest BCUT2D eigenvalue weighted by atomic mass is 9.86. The van der Waals surface area contributed by atoms with Crippen molar-refractivity contribution in [3.63, 3.8) is 0 Å². The summed E-state index contributed by atoms with van der Waals surface area (Å²) >= 11 is 0. The Labute approximate surface area is 104 Å². The molecule has 2 aliphatic heterocycles. The summed E-state index contributed by atoms with van der Waals surface area (Å²) in [5.74, 6) is 0. The van der Waals surface area contributed by atoms with E-state index in [1.807, 2.05) is 0 Å². The fourth-order valence-corrected chi connectivity index (χ4v) is 3.47. The maximum atomic E-state index is 2.56. The smallest absolute Gasteiger partial charge is 0.0557 e. The summed E-state index contributed by atoms with van der Waals surface area (Å²) in [7, 11) is 2.28. The summed E-state index contributed by atoms with van der Waals surface area (Å²) in [6.07, 6.45) is 2.75. The van der Waals surface area contributed by atoms with Crippen LogP contribution in [0.2, 0.25) is 0 Å². The maximum absolute atomic E-state index is 2.56. The molecule has 1 aromatic rings. The van der Waals surface area contributed by atoms with Crippen molar-refractivity contribution in [1.29, 1.82) is 0 Å². The van der Waals surface area contributed by atoms with Crippen LogP contribution in [0.15, 0.2) is 18.2 Å². The second kappa shape index (κ2) is 3.74. The monoisotopic (exact) mass is 230 g/mol. The second-order valence-corrected chi connectivity index (χ2v) is 5.90. The van der Waals surface area contributed by atoms with Gasteiger partial charge in [-0.05, 0) is 51.9 Å². The molecule has 0 amide bonds. The molecule has 0 saturated carbocycles. The number of anilines is 1. The fraction of sp³-hybridized carbons (Fsp3) is 0.600. The number of hydrogen-bond donors (Lipinski definition) is 0. The van der Waals surface area contributed by atoms with E-state index in [0.29, 0.717) is 5.54 Å². The molecule has 92 valence electrons. The molecule has 0 radical (unpaired) electrons. The van der Waals surface area contributed by atoms with Gasteiger partial charge in [0, 0.05) is 18.8 Å². The van der Waals surface area contributed by atoms with Crippen LogP contribution < -0.4 is 4.90 Å². The Balaban J connectivity index is 1.77. The average Bonchev–Trinajstić information content (AvgIpc) is 2.59. The highest BCUT2D eigenvalue weighted by Crippen LogP contribution is 2.39. The first-order valence-electron chi connectivity index (χ1n) is 6.64. The number of rotatable bonds is 1. The molecule has 2 heteroatoms. The van der Waals surface area contributed by atoms with Gasteiger partial charge >= 0.3 is 0 Å². The predicted octanol–water partition coefficient (Wildman–Crippen LogP) is 2.59. The molecule has 0 atom stereocenters. The summed E-state index contributed by atoms with van der Waals surface area (Å²) in [6, 6.07) is 6.80. The zero-order valence-corrected chi connectivity index (χ0v) is 11.2. The van der Waals surface area contributed by atoms with E-state index in [9.17, 15) is 0 Å². The largest absolute Gasteiger partial charge is 0.367 e. The zero-order valence-electron chi connectivity index (χ0n) is 11.2. The molecule has 1 spiro atoms. The van der Waals surface area contributed by atoms with E-state index in [1.165, 1.54) is 49.3 Å². The lowest BCUT2D eigenvalue weighted by molar-refractivity contribution is 0.133. The molecule has 0 N–H and O–H groups in total. The number of nitrogens with zero attached hydrogens (tertiary/aromatic N) is 2. The SMILES string of the molecule is Cc1ccc(N2CC3(CCCN3C)C2)c(C)c1. The van der Waals surface area contributed by atoms with E-state index in [-0.39, 0.29) is 0 Å². The van der Waals surface area contributed by atoms with Crippen molar-refractivity contribution in [1.82, 2.24) is 4.90 Å². The van der Waals surface area contributed by atoms with Gasteiger partial charge in [-0.25, -0.2) is 0 Å². The third-order valence-electron chi connectivity index (χ3n) is 4.61. The summed E-state index contributed by atoms with van der Waals surface area (Å²) in [4.78, 5) is 5.10. The number of aryl methyl sites for hydroxylation is 2. The van der Waals surface area contributed by atoms with Crippen molar-refractivity contribution in [3.05, 3.63) is 29.3 Å². The van der Waals surface area contributed by atoms with Gasteiger partial charge < -0.3 is 4.90 Å². The summed E-state index contributed by atoms with van der Waals surface area (Å²) in [5, 5.41) is 0. The topological polar surface area (TPSA) is 6.48 Å². The Morgan fingerprint density at radius 1 is 1.18 bits per heavy atom. The van der Waals surface area contributed by atoms with E-state index in [2.05, 4.69) is 48.9 Å². The van der Waals surface area contributed by atoms with Crippen molar-refractivity contribution in [2.75, 3.05) is 31.6 Å². The number of benzene rings is 1. The Kier molecular flexibility index (Phi) is 2.44. The Bertz CT molecular complexity index is 433. The van der Waals surface area contributed by atoms with Crippen molar-refractivity contribution in [2.24, 2.45) is 0 Å². The first-order valence-corrected chi connectivity index (χ1v) is 6.64. The minimum atomic E-state index is 0.497.